The van der Waals surface area contributed by atoms with Gasteiger partial charge in [0.15, 0.2) is 0 Å². The second-order valence-corrected chi connectivity index (χ2v) is 5.64. The van der Waals surface area contributed by atoms with Crippen molar-refractivity contribution >= 4 is 5.91 Å². The first-order valence-corrected chi connectivity index (χ1v) is 7.18. The van der Waals surface area contributed by atoms with E-state index in [0.717, 1.165) is 19.1 Å². The molecule has 2 saturated heterocycles. The predicted octanol–water partition coefficient (Wildman–Crippen LogP) is -0.251. The third-order valence-corrected chi connectivity index (χ3v) is 4.28. The van der Waals surface area contributed by atoms with E-state index in [9.17, 15) is 4.79 Å². The fraction of sp³-hybridized carbons (Fsp3) is 0.923. The number of nitrogens with zero attached hydrogens (tertiary/aromatic N) is 2. The van der Waals surface area contributed by atoms with Crippen molar-refractivity contribution in [3.8, 4) is 0 Å². The standard InChI is InChI=1S/C13H26N4O/c14-12(13(15)18)10-16-8-4-11(5-9-16)17-6-2-1-3-7-17/h11-12H,1-10,14H2,(H2,15,18). The Balaban J connectivity index is 1.72. The molecule has 0 aromatic rings. The minimum atomic E-state index is -0.517. The van der Waals surface area contributed by atoms with Crippen molar-refractivity contribution < 1.29 is 4.79 Å². The lowest BCUT2D eigenvalue weighted by atomic mass is 9.99. The Bertz CT molecular complexity index is 270. The van der Waals surface area contributed by atoms with Gasteiger partial charge in [-0.25, -0.2) is 0 Å². The Morgan fingerprint density at radius 1 is 1.11 bits per heavy atom. The first-order chi connectivity index (χ1) is 8.66. The van der Waals surface area contributed by atoms with Crippen molar-refractivity contribution in [2.45, 2.75) is 44.2 Å². The van der Waals surface area contributed by atoms with Gasteiger partial charge in [0.2, 0.25) is 5.91 Å². The molecule has 2 aliphatic rings. The summed E-state index contributed by atoms with van der Waals surface area (Å²) in [6.07, 6.45) is 6.50. The molecular weight excluding hydrogens is 228 g/mol. The molecule has 104 valence electrons. The van der Waals surface area contributed by atoms with Crippen molar-refractivity contribution in [2.24, 2.45) is 11.5 Å². The van der Waals surface area contributed by atoms with Gasteiger partial charge in [0.25, 0.3) is 0 Å². The van der Waals surface area contributed by atoms with Crippen molar-refractivity contribution in [2.75, 3.05) is 32.7 Å². The maximum Gasteiger partial charge on any atom is 0.235 e. The third kappa shape index (κ3) is 3.67. The summed E-state index contributed by atoms with van der Waals surface area (Å²) >= 11 is 0. The molecule has 0 saturated carbocycles. The van der Waals surface area contributed by atoms with E-state index in [2.05, 4.69) is 9.80 Å². The van der Waals surface area contributed by atoms with Crippen molar-refractivity contribution in [3.63, 3.8) is 0 Å². The van der Waals surface area contributed by atoms with E-state index in [0.29, 0.717) is 6.54 Å². The minimum Gasteiger partial charge on any atom is -0.368 e. The topological polar surface area (TPSA) is 75.6 Å². The van der Waals surface area contributed by atoms with Gasteiger partial charge in [-0.3, -0.25) is 4.79 Å². The van der Waals surface area contributed by atoms with E-state index in [1.165, 1.54) is 45.2 Å². The first-order valence-electron chi connectivity index (χ1n) is 7.18. The Morgan fingerprint density at radius 3 is 2.28 bits per heavy atom. The van der Waals surface area contributed by atoms with Crippen LogP contribution in [0, 0.1) is 0 Å². The molecule has 2 aliphatic heterocycles. The molecule has 18 heavy (non-hydrogen) atoms. The average Bonchev–Trinajstić information content (AvgIpc) is 2.40. The van der Waals surface area contributed by atoms with Gasteiger partial charge in [-0.05, 0) is 51.9 Å². The molecule has 0 spiro atoms. The summed E-state index contributed by atoms with van der Waals surface area (Å²) in [6.45, 7) is 5.24. The van der Waals surface area contributed by atoms with Crippen LogP contribution in [0.25, 0.3) is 0 Å². The highest BCUT2D eigenvalue weighted by molar-refractivity contribution is 5.79. The second-order valence-electron chi connectivity index (χ2n) is 5.64. The maximum absolute atomic E-state index is 10.9. The second kappa shape index (κ2) is 6.50. The van der Waals surface area contributed by atoms with E-state index >= 15 is 0 Å². The fourth-order valence-electron chi connectivity index (χ4n) is 3.12. The lowest BCUT2D eigenvalue weighted by Crippen LogP contribution is -2.51. The molecule has 5 heteroatoms. The van der Waals surface area contributed by atoms with Crippen LogP contribution < -0.4 is 11.5 Å². The highest BCUT2D eigenvalue weighted by Gasteiger charge is 2.26. The van der Waals surface area contributed by atoms with Gasteiger partial charge in [-0.2, -0.15) is 0 Å². The van der Waals surface area contributed by atoms with Crippen molar-refractivity contribution in [3.05, 3.63) is 0 Å². The maximum atomic E-state index is 10.9. The zero-order valence-electron chi connectivity index (χ0n) is 11.2. The van der Waals surface area contributed by atoms with Gasteiger partial charge < -0.3 is 21.3 Å². The molecule has 0 aromatic carbocycles. The summed E-state index contributed by atoms with van der Waals surface area (Å²) < 4.78 is 0. The van der Waals surface area contributed by atoms with E-state index in [1.54, 1.807) is 0 Å². The summed E-state index contributed by atoms with van der Waals surface area (Å²) in [5, 5.41) is 0. The van der Waals surface area contributed by atoms with Crippen LogP contribution in [0.15, 0.2) is 0 Å². The van der Waals surface area contributed by atoms with Gasteiger partial charge in [-0.15, -0.1) is 0 Å². The van der Waals surface area contributed by atoms with Gasteiger partial charge in [0.05, 0.1) is 6.04 Å². The first kappa shape index (κ1) is 13.8. The summed E-state index contributed by atoms with van der Waals surface area (Å²) in [7, 11) is 0. The summed E-state index contributed by atoms with van der Waals surface area (Å²) in [5.41, 5.74) is 10.9. The highest BCUT2D eigenvalue weighted by atomic mass is 16.1. The zero-order valence-corrected chi connectivity index (χ0v) is 11.2. The Labute approximate surface area is 109 Å². The fourth-order valence-corrected chi connectivity index (χ4v) is 3.12. The molecule has 1 amide bonds. The van der Waals surface area contributed by atoms with Crippen LogP contribution >= 0.6 is 0 Å². The number of hydrogen-bond donors (Lipinski definition) is 2. The van der Waals surface area contributed by atoms with Crippen LogP contribution in [0.1, 0.15) is 32.1 Å². The number of nitrogens with two attached hydrogens (primary N) is 2. The monoisotopic (exact) mass is 254 g/mol. The molecular formula is C13H26N4O. The highest BCUT2D eigenvalue weighted by Crippen LogP contribution is 2.20. The normalized spacial score (nSPS) is 26.1. The Morgan fingerprint density at radius 2 is 1.72 bits per heavy atom. The number of rotatable bonds is 4. The molecule has 1 atom stereocenters. The van der Waals surface area contributed by atoms with Crippen LogP contribution in [-0.4, -0.2) is 60.5 Å². The quantitative estimate of drug-likeness (QED) is 0.725. The summed E-state index contributed by atoms with van der Waals surface area (Å²) in [4.78, 5) is 15.9. The molecule has 5 nitrogen and oxygen atoms in total. The smallest absolute Gasteiger partial charge is 0.235 e. The van der Waals surface area contributed by atoms with E-state index < -0.39 is 11.9 Å². The van der Waals surface area contributed by atoms with Gasteiger partial charge in [0, 0.05) is 12.6 Å². The molecule has 0 bridgehead atoms. The third-order valence-electron chi connectivity index (χ3n) is 4.28. The van der Waals surface area contributed by atoms with Crippen molar-refractivity contribution in [1.29, 1.82) is 0 Å². The molecule has 2 heterocycles. The van der Waals surface area contributed by atoms with Gasteiger partial charge in [0.1, 0.15) is 0 Å². The number of carbonyl (C=O) groups excluding carboxylic acids is 1. The molecule has 0 aliphatic carbocycles. The number of piperidine rings is 2. The van der Waals surface area contributed by atoms with Crippen LogP contribution in [0.4, 0.5) is 0 Å². The van der Waals surface area contributed by atoms with Crippen LogP contribution in [-0.2, 0) is 4.79 Å². The molecule has 1 unspecified atom stereocenters. The lowest BCUT2D eigenvalue weighted by molar-refractivity contribution is -0.119. The Hall–Kier alpha value is -0.650. The number of amides is 1. The largest absolute Gasteiger partial charge is 0.368 e. The number of primary amides is 1. The van der Waals surface area contributed by atoms with Crippen LogP contribution in [0.5, 0.6) is 0 Å². The van der Waals surface area contributed by atoms with Gasteiger partial charge >= 0.3 is 0 Å². The predicted molar refractivity (Wildman–Crippen MR) is 72.1 cm³/mol. The molecule has 4 N–H and O–H groups in total. The van der Waals surface area contributed by atoms with Crippen LogP contribution in [0.2, 0.25) is 0 Å². The molecule has 2 rings (SSSR count). The molecule has 0 radical (unpaired) electrons. The number of hydrogen-bond acceptors (Lipinski definition) is 4. The minimum absolute atomic E-state index is 0.395. The lowest BCUT2D eigenvalue weighted by Gasteiger charge is -2.40. The summed E-state index contributed by atoms with van der Waals surface area (Å²) in [5.74, 6) is -0.395. The molecule has 0 aromatic heterocycles. The molecule has 2 fully saturated rings. The van der Waals surface area contributed by atoms with E-state index in [4.69, 9.17) is 11.5 Å². The van der Waals surface area contributed by atoms with E-state index in [1.807, 2.05) is 0 Å². The van der Waals surface area contributed by atoms with E-state index in [-0.39, 0.29) is 0 Å². The van der Waals surface area contributed by atoms with Crippen molar-refractivity contribution in [1.82, 2.24) is 9.80 Å². The SMILES string of the molecule is NC(=O)C(N)CN1CCC(N2CCCCC2)CC1. The number of likely N-dealkylation sites (tertiary alicyclic amines) is 2. The van der Waals surface area contributed by atoms with Crippen LogP contribution in [0.3, 0.4) is 0 Å². The zero-order chi connectivity index (χ0) is 13.0. The summed E-state index contributed by atoms with van der Waals surface area (Å²) in [6, 6.07) is 0.225. The number of carbonyl (C=O) groups is 1. The van der Waals surface area contributed by atoms with Gasteiger partial charge in [-0.1, -0.05) is 6.42 Å². The Kier molecular flexibility index (Phi) is 4.97. The average molecular weight is 254 g/mol.